The Hall–Kier alpha value is -3.09. The molecule has 2 aromatic heterocycles. The van der Waals surface area contributed by atoms with Gasteiger partial charge in [-0.3, -0.25) is 9.59 Å². The number of amides is 1. The van der Waals surface area contributed by atoms with Crippen molar-refractivity contribution in [1.82, 2.24) is 14.2 Å². The monoisotopic (exact) mass is 366 g/mol. The average Bonchev–Trinajstić information content (AvgIpc) is 3.02. The smallest absolute Gasteiger partial charge is 0.277 e. The van der Waals surface area contributed by atoms with Crippen molar-refractivity contribution in [3.63, 3.8) is 0 Å². The molecule has 0 saturated heterocycles. The van der Waals surface area contributed by atoms with Gasteiger partial charge in [0.2, 0.25) is 5.91 Å². The molecule has 0 fully saturated rings. The molecule has 4 rings (SSSR count). The molecule has 1 N–H and O–H groups in total. The molecule has 0 bridgehead atoms. The number of carbonyl (C=O) groups is 1. The molecule has 7 heteroatoms. The van der Waals surface area contributed by atoms with Crippen molar-refractivity contribution in [2.24, 2.45) is 5.92 Å². The average molecular weight is 366 g/mol. The van der Waals surface area contributed by atoms with Gasteiger partial charge in [-0.15, -0.1) is 0 Å². The van der Waals surface area contributed by atoms with Crippen LogP contribution in [0.15, 0.2) is 41.5 Å². The zero-order valence-electron chi connectivity index (χ0n) is 15.4. The highest BCUT2D eigenvalue weighted by Gasteiger charge is 2.23. The summed E-state index contributed by atoms with van der Waals surface area (Å²) in [6.45, 7) is 2.14. The fraction of sp³-hybridized carbons (Fsp3) is 0.350. The van der Waals surface area contributed by atoms with Crippen molar-refractivity contribution in [2.75, 3.05) is 12.4 Å². The van der Waals surface area contributed by atoms with Crippen LogP contribution in [0.3, 0.4) is 0 Å². The van der Waals surface area contributed by atoms with E-state index in [0.717, 1.165) is 30.5 Å². The maximum Gasteiger partial charge on any atom is 0.277 e. The van der Waals surface area contributed by atoms with Gasteiger partial charge in [-0.2, -0.15) is 5.10 Å². The summed E-state index contributed by atoms with van der Waals surface area (Å²) in [6, 6.07) is 7.12. The third-order valence-electron chi connectivity index (χ3n) is 5.04. The molecular formula is C20H22N4O3. The number of nitrogens with zero attached hydrogens (tertiary/aromatic N) is 3. The minimum atomic E-state index is -0.267. The second-order valence-corrected chi connectivity index (χ2v) is 7.08. The lowest BCUT2D eigenvalue weighted by Crippen LogP contribution is -2.28. The topological polar surface area (TPSA) is 77.6 Å². The van der Waals surface area contributed by atoms with Gasteiger partial charge in [0, 0.05) is 29.7 Å². The molecule has 0 unspecified atom stereocenters. The summed E-state index contributed by atoms with van der Waals surface area (Å²) >= 11 is 0. The molecule has 140 valence electrons. The van der Waals surface area contributed by atoms with Crippen LogP contribution in [-0.2, 0) is 24.2 Å². The Morgan fingerprint density at radius 2 is 2.22 bits per heavy atom. The number of hydrogen-bond acceptors (Lipinski definition) is 4. The van der Waals surface area contributed by atoms with E-state index in [2.05, 4.69) is 17.3 Å². The summed E-state index contributed by atoms with van der Waals surface area (Å²) in [4.78, 5) is 25.4. The van der Waals surface area contributed by atoms with E-state index in [4.69, 9.17) is 4.74 Å². The zero-order chi connectivity index (χ0) is 19.0. The molecule has 0 saturated carbocycles. The Morgan fingerprint density at radius 3 is 3.04 bits per heavy atom. The Morgan fingerprint density at radius 1 is 1.37 bits per heavy atom. The molecule has 7 nitrogen and oxygen atoms in total. The van der Waals surface area contributed by atoms with E-state index >= 15 is 0 Å². The van der Waals surface area contributed by atoms with Gasteiger partial charge in [0.1, 0.15) is 17.8 Å². The zero-order valence-corrected chi connectivity index (χ0v) is 15.4. The lowest BCUT2D eigenvalue weighted by atomic mass is 9.88. The second-order valence-electron chi connectivity index (χ2n) is 7.08. The van der Waals surface area contributed by atoms with Crippen LogP contribution < -0.4 is 15.6 Å². The van der Waals surface area contributed by atoms with Crippen LogP contribution in [0.1, 0.15) is 24.6 Å². The van der Waals surface area contributed by atoms with Crippen molar-refractivity contribution in [2.45, 2.75) is 32.7 Å². The summed E-state index contributed by atoms with van der Waals surface area (Å²) < 4.78 is 8.25. The molecule has 0 spiro atoms. The highest BCUT2D eigenvalue weighted by atomic mass is 16.5. The van der Waals surface area contributed by atoms with Gasteiger partial charge in [-0.05, 0) is 37.3 Å². The summed E-state index contributed by atoms with van der Waals surface area (Å²) in [5.41, 5.74) is 3.07. The van der Waals surface area contributed by atoms with E-state index in [9.17, 15) is 9.59 Å². The van der Waals surface area contributed by atoms with Gasteiger partial charge in [-0.25, -0.2) is 4.52 Å². The highest BCUT2D eigenvalue weighted by molar-refractivity contribution is 5.90. The number of aromatic nitrogens is 3. The van der Waals surface area contributed by atoms with E-state index in [1.165, 1.54) is 4.57 Å². The third-order valence-corrected chi connectivity index (χ3v) is 5.04. The van der Waals surface area contributed by atoms with Crippen LogP contribution in [0.5, 0.6) is 5.75 Å². The first-order valence-electron chi connectivity index (χ1n) is 9.08. The van der Waals surface area contributed by atoms with E-state index in [0.29, 0.717) is 22.9 Å². The molecule has 1 aliphatic rings. The lowest BCUT2D eigenvalue weighted by Gasteiger charge is -2.16. The summed E-state index contributed by atoms with van der Waals surface area (Å²) in [5.74, 6) is 0.928. The number of nitrogens with one attached hydrogen (secondary N) is 1. The number of hydrogen-bond donors (Lipinski definition) is 1. The summed E-state index contributed by atoms with van der Waals surface area (Å²) in [6.07, 6.45) is 6.21. The number of rotatable bonds is 4. The van der Waals surface area contributed by atoms with Crippen LogP contribution in [0.4, 0.5) is 5.69 Å². The molecule has 1 aromatic carbocycles. The predicted octanol–water partition coefficient (Wildman–Crippen LogP) is 2.27. The fourth-order valence-corrected chi connectivity index (χ4v) is 3.63. The Balaban J connectivity index is 1.60. The first kappa shape index (κ1) is 17.3. The maximum atomic E-state index is 13.0. The normalized spacial score (nSPS) is 16.1. The van der Waals surface area contributed by atoms with Gasteiger partial charge in [0.15, 0.2) is 0 Å². The molecule has 1 atom stereocenters. The first-order chi connectivity index (χ1) is 13.0. The van der Waals surface area contributed by atoms with Gasteiger partial charge in [0.25, 0.3) is 5.56 Å². The number of anilines is 1. The quantitative estimate of drug-likeness (QED) is 0.768. The van der Waals surface area contributed by atoms with E-state index in [1.54, 1.807) is 48.3 Å². The first-order valence-corrected chi connectivity index (χ1v) is 9.08. The SMILES string of the molecule is COc1cccc(NC(=O)Cn2ccn3nc4c(c3c2=O)C[C@H](C)CC4)c1. The molecular weight excluding hydrogens is 344 g/mol. The van der Waals surface area contributed by atoms with Crippen molar-refractivity contribution < 1.29 is 9.53 Å². The van der Waals surface area contributed by atoms with Gasteiger partial charge < -0.3 is 14.6 Å². The summed E-state index contributed by atoms with van der Waals surface area (Å²) in [7, 11) is 1.57. The number of fused-ring (bicyclic) bond motifs is 3. The number of aryl methyl sites for hydroxylation is 1. The Labute approximate surface area is 156 Å². The number of benzene rings is 1. The predicted molar refractivity (Wildman–Crippen MR) is 102 cm³/mol. The minimum Gasteiger partial charge on any atom is -0.497 e. The molecule has 1 amide bonds. The van der Waals surface area contributed by atoms with Gasteiger partial charge in [-0.1, -0.05) is 13.0 Å². The number of ether oxygens (including phenoxy) is 1. The molecule has 0 radical (unpaired) electrons. The molecule has 1 aliphatic carbocycles. The van der Waals surface area contributed by atoms with Crippen LogP contribution >= 0.6 is 0 Å². The van der Waals surface area contributed by atoms with Crippen molar-refractivity contribution in [3.05, 3.63) is 58.3 Å². The lowest BCUT2D eigenvalue weighted by molar-refractivity contribution is -0.116. The highest BCUT2D eigenvalue weighted by Crippen LogP contribution is 2.26. The number of methoxy groups -OCH3 is 1. The van der Waals surface area contributed by atoms with Crippen molar-refractivity contribution >= 4 is 17.1 Å². The Bertz CT molecular complexity index is 1070. The second kappa shape index (κ2) is 6.90. The fourth-order valence-electron chi connectivity index (χ4n) is 3.63. The van der Waals surface area contributed by atoms with Crippen molar-refractivity contribution in [3.8, 4) is 5.75 Å². The van der Waals surface area contributed by atoms with Crippen LogP contribution in [0.2, 0.25) is 0 Å². The molecule has 2 heterocycles. The van der Waals surface area contributed by atoms with E-state index < -0.39 is 0 Å². The molecule has 0 aliphatic heterocycles. The molecule has 3 aromatic rings. The minimum absolute atomic E-state index is 0.0535. The van der Waals surface area contributed by atoms with Gasteiger partial charge in [0.05, 0.1) is 12.8 Å². The summed E-state index contributed by atoms with van der Waals surface area (Å²) in [5, 5.41) is 7.35. The largest absolute Gasteiger partial charge is 0.497 e. The number of carbonyl (C=O) groups excluding carboxylic acids is 1. The van der Waals surface area contributed by atoms with E-state index in [1.807, 2.05) is 0 Å². The standard InChI is InChI=1S/C20H22N4O3/c1-13-6-7-17-16(10-13)19-20(26)23(8-9-24(19)22-17)12-18(25)21-14-4-3-5-15(11-14)27-2/h3-5,8-9,11,13H,6-7,10,12H2,1-2H3,(H,21,25)/t13-/m1/s1. The van der Waals surface area contributed by atoms with Crippen LogP contribution in [0.25, 0.3) is 5.52 Å². The van der Waals surface area contributed by atoms with Crippen molar-refractivity contribution in [1.29, 1.82) is 0 Å². The van der Waals surface area contributed by atoms with Gasteiger partial charge >= 0.3 is 0 Å². The maximum absolute atomic E-state index is 13.0. The van der Waals surface area contributed by atoms with Crippen LogP contribution in [-0.4, -0.2) is 27.2 Å². The molecule has 27 heavy (non-hydrogen) atoms. The van der Waals surface area contributed by atoms with Crippen LogP contribution in [0, 0.1) is 5.92 Å². The Kier molecular flexibility index (Phi) is 4.43. The third kappa shape index (κ3) is 3.32. The van der Waals surface area contributed by atoms with E-state index in [-0.39, 0.29) is 18.0 Å².